The Kier molecular flexibility index (Phi) is 3.67. The minimum Gasteiger partial charge on any atom is -0.168 e. The molecule has 4 heteroatoms. The molecular formula is C6H12O4. The second-order valence-electron chi connectivity index (χ2n) is 2.25. The van der Waals surface area contributed by atoms with Crippen LogP contribution < -0.4 is 0 Å². The molecule has 10 heavy (non-hydrogen) atoms. The lowest BCUT2D eigenvalue weighted by molar-refractivity contribution is -0.532. The van der Waals surface area contributed by atoms with Gasteiger partial charge >= 0.3 is 0 Å². The van der Waals surface area contributed by atoms with E-state index in [1.165, 1.54) is 12.8 Å². The van der Waals surface area contributed by atoms with E-state index in [1.807, 2.05) is 0 Å². The summed E-state index contributed by atoms with van der Waals surface area (Å²) in [5.74, 6) is 0. The molecule has 0 atom stereocenters. The van der Waals surface area contributed by atoms with Crippen molar-refractivity contribution >= 4 is 0 Å². The van der Waals surface area contributed by atoms with Crippen LogP contribution in [-0.4, -0.2) is 6.29 Å². The highest BCUT2D eigenvalue weighted by atomic mass is 17.7. The molecule has 0 aliphatic carbocycles. The van der Waals surface area contributed by atoms with Gasteiger partial charge in [-0.1, -0.05) is 19.8 Å². The maximum Gasteiger partial charge on any atom is 0.230 e. The third-order valence-electron chi connectivity index (χ3n) is 1.36. The molecule has 0 spiro atoms. The summed E-state index contributed by atoms with van der Waals surface area (Å²) >= 11 is 0. The Bertz CT molecular complexity index is 79.8. The number of hydrogen-bond donors (Lipinski definition) is 0. The van der Waals surface area contributed by atoms with Crippen molar-refractivity contribution in [2.24, 2.45) is 0 Å². The predicted octanol–water partition coefficient (Wildman–Crippen LogP) is 1.72. The van der Waals surface area contributed by atoms with Gasteiger partial charge in [-0.2, -0.15) is 9.78 Å². The summed E-state index contributed by atoms with van der Waals surface area (Å²) in [6.45, 7) is 2.14. The van der Waals surface area contributed by atoms with Crippen LogP contribution >= 0.6 is 0 Å². The Hall–Kier alpha value is -0.160. The topological polar surface area (TPSA) is 36.9 Å². The molecule has 1 heterocycles. The van der Waals surface area contributed by atoms with Crippen molar-refractivity contribution in [2.75, 3.05) is 0 Å². The van der Waals surface area contributed by atoms with E-state index < -0.39 is 0 Å². The smallest absolute Gasteiger partial charge is 0.168 e. The minimum absolute atomic E-state index is 0.327. The van der Waals surface area contributed by atoms with Gasteiger partial charge in [0.25, 0.3) is 0 Å². The molecule has 0 aromatic carbocycles. The Morgan fingerprint density at radius 3 is 2.40 bits per heavy atom. The van der Waals surface area contributed by atoms with E-state index in [2.05, 4.69) is 26.8 Å². The fourth-order valence-electron chi connectivity index (χ4n) is 0.793. The van der Waals surface area contributed by atoms with Gasteiger partial charge in [-0.3, -0.25) is 0 Å². The second-order valence-corrected chi connectivity index (χ2v) is 2.25. The first kappa shape index (κ1) is 7.94. The molecule has 1 aliphatic rings. The lowest BCUT2D eigenvalue weighted by Crippen LogP contribution is -2.05. The Balaban J connectivity index is 1.91. The van der Waals surface area contributed by atoms with Crippen molar-refractivity contribution in [1.82, 2.24) is 0 Å². The van der Waals surface area contributed by atoms with Crippen LogP contribution in [0.5, 0.6) is 0 Å². The predicted molar refractivity (Wildman–Crippen MR) is 32.3 cm³/mol. The molecule has 60 valence electrons. The molecular weight excluding hydrogens is 136 g/mol. The average Bonchev–Trinajstić information content (AvgIpc) is 2.41. The van der Waals surface area contributed by atoms with Crippen LogP contribution in [0.1, 0.15) is 32.6 Å². The molecule has 4 nitrogen and oxygen atoms in total. The SMILES string of the molecule is CCCCCC1OOOO1. The Morgan fingerprint density at radius 1 is 1.10 bits per heavy atom. The zero-order chi connectivity index (χ0) is 7.23. The van der Waals surface area contributed by atoms with Crippen molar-refractivity contribution < 1.29 is 19.9 Å². The van der Waals surface area contributed by atoms with E-state index in [0.29, 0.717) is 0 Å². The van der Waals surface area contributed by atoms with Crippen LogP contribution in [0.4, 0.5) is 0 Å². The molecule has 1 fully saturated rings. The quantitative estimate of drug-likeness (QED) is 0.449. The van der Waals surface area contributed by atoms with Crippen molar-refractivity contribution in [3.8, 4) is 0 Å². The van der Waals surface area contributed by atoms with E-state index in [1.54, 1.807) is 0 Å². The molecule has 0 unspecified atom stereocenters. The molecule has 0 aromatic heterocycles. The largest absolute Gasteiger partial charge is 0.230 e. The van der Waals surface area contributed by atoms with Gasteiger partial charge in [0, 0.05) is 6.42 Å². The average molecular weight is 148 g/mol. The van der Waals surface area contributed by atoms with Crippen molar-refractivity contribution in [3.63, 3.8) is 0 Å². The number of unbranched alkanes of at least 4 members (excludes halogenated alkanes) is 2. The zero-order valence-corrected chi connectivity index (χ0v) is 6.04. The van der Waals surface area contributed by atoms with Gasteiger partial charge < -0.3 is 0 Å². The highest BCUT2D eigenvalue weighted by molar-refractivity contribution is 4.43. The van der Waals surface area contributed by atoms with Crippen molar-refractivity contribution in [2.45, 2.75) is 38.9 Å². The molecule has 1 rings (SSSR count). The summed E-state index contributed by atoms with van der Waals surface area (Å²) in [5, 5.41) is 8.13. The zero-order valence-electron chi connectivity index (χ0n) is 6.04. The molecule has 0 bridgehead atoms. The van der Waals surface area contributed by atoms with E-state index in [4.69, 9.17) is 0 Å². The van der Waals surface area contributed by atoms with Crippen LogP contribution in [0.15, 0.2) is 0 Å². The lowest BCUT2D eigenvalue weighted by atomic mass is 10.2. The molecule has 0 aromatic rings. The molecule has 0 saturated carbocycles. The summed E-state index contributed by atoms with van der Waals surface area (Å²) in [6.07, 6.45) is 3.95. The van der Waals surface area contributed by atoms with Crippen LogP contribution in [0, 0.1) is 0 Å². The van der Waals surface area contributed by atoms with Crippen molar-refractivity contribution in [1.29, 1.82) is 0 Å². The van der Waals surface area contributed by atoms with Crippen LogP contribution in [-0.2, 0) is 19.9 Å². The first-order valence-corrected chi connectivity index (χ1v) is 3.59. The van der Waals surface area contributed by atoms with E-state index in [-0.39, 0.29) is 6.29 Å². The summed E-state index contributed by atoms with van der Waals surface area (Å²) in [5.41, 5.74) is 0. The first-order valence-electron chi connectivity index (χ1n) is 3.59. The Labute approximate surface area is 59.8 Å². The number of hydrogen-bond acceptors (Lipinski definition) is 4. The van der Waals surface area contributed by atoms with Gasteiger partial charge in [-0.15, -0.1) is 0 Å². The van der Waals surface area contributed by atoms with Gasteiger partial charge in [-0.05, 0) is 16.5 Å². The van der Waals surface area contributed by atoms with Crippen LogP contribution in [0.3, 0.4) is 0 Å². The standard InChI is InChI=1S/C6H12O4/c1-2-3-4-5-6-7-9-10-8-6/h6H,2-5H2,1H3. The molecule has 0 N–H and O–H groups in total. The maximum absolute atomic E-state index is 4.56. The highest BCUT2D eigenvalue weighted by Gasteiger charge is 2.19. The van der Waals surface area contributed by atoms with E-state index >= 15 is 0 Å². The normalized spacial score (nSPS) is 20.1. The molecule has 1 saturated heterocycles. The van der Waals surface area contributed by atoms with Gasteiger partial charge in [0.15, 0.2) is 0 Å². The monoisotopic (exact) mass is 148 g/mol. The lowest BCUT2D eigenvalue weighted by Gasteiger charge is -2.00. The van der Waals surface area contributed by atoms with E-state index in [0.717, 1.165) is 12.8 Å². The highest BCUT2D eigenvalue weighted by Crippen LogP contribution is 2.13. The summed E-state index contributed by atoms with van der Waals surface area (Å²) in [4.78, 5) is 9.11. The van der Waals surface area contributed by atoms with E-state index in [9.17, 15) is 0 Å². The van der Waals surface area contributed by atoms with Gasteiger partial charge in [0.05, 0.1) is 0 Å². The summed E-state index contributed by atoms with van der Waals surface area (Å²) < 4.78 is 0. The van der Waals surface area contributed by atoms with Crippen LogP contribution in [0.25, 0.3) is 0 Å². The third kappa shape index (κ3) is 2.62. The fraction of sp³-hybridized carbons (Fsp3) is 1.00. The summed E-state index contributed by atoms with van der Waals surface area (Å²) in [7, 11) is 0. The van der Waals surface area contributed by atoms with Gasteiger partial charge in [-0.25, -0.2) is 0 Å². The maximum atomic E-state index is 4.56. The Morgan fingerprint density at radius 2 is 1.80 bits per heavy atom. The summed E-state index contributed by atoms with van der Waals surface area (Å²) in [6, 6.07) is 0. The van der Waals surface area contributed by atoms with Gasteiger partial charge in [0.2, 0.25) is 6.29 Å². The third-order valence-corrected chi connectivity index (χ3v) is 1.36. The van der Waals surface area contributed by atoms with Crippen molar-refractivity contribution in [3.05, 3.63) is 0 Å². The number of rotatable bonds is 4. The molecule has 1 aliphatic heterocycles. The van der Waals surface area contributed by atoms with Crippen LogP contribution in [0.2, 0.25) is 0 Å². The second kappa shape index (κ2) is 4.62. The minimum atomic E-state index is -0.327. The molecule has 0 radical (unpaired) electrons. The first-order chi connectivity index (χ1) is 4.93. The van der Waals surface area contributed by atoms with Gasteiger partial charge in [0.1, 0.15) is 0 Å². The molecule has 0 amide bonds. The fourth-order valence-corrected chi connectivity index (χ4v) is 0.793.